The number of nitrogens with zero attached hydrogens (tertiary/aromatic N) is 4. The van der Waals surface area contributed by atoms with Crippen LogP contribution in [0.5, 0.6) is 0 Å². The number of carboxylic acids is 1. The van der Waals surface area contributed by atoms with E-state index < -0.39 is 63.4 Å². The highest BCUT2D eigenvalue weighted by Gasteiger charge is 2.55. The van der Waals surface area contributed by atoms with Crippen LogP contribution in [-0.4, -0.2) is 88.0 Å². The van der Waals surface area contributed by atoms with Crippen molar-refractivity contribution in [3.63, 3.8) is 0 Å². The summed E-state index contributed by atoms with van der Waals surface area (Å²) in [4.78, 5) is 48.8. The number of alkyl halides is 3. The lowest BCUT2D eigenvalue weighted by atomic mass is 10.0. The van der Waals surface area contributed by atoms with Gasteiger partial charge in [0.05, 0.1) is 5.75 Å². The van der Waals surface area contributed by atoms with Crippen molar-refractivity contribution in [2.45, 2.75) is 33.8 Å². The van der Waals surface area contributed by atoms with Gasteiger partial charge in [-0.2, -0.15) is 18.4 Å². The van der Waals surface area contributed by atoms with E-state index in [4.69, 9.17) is 5.73 Å². The summed E-state index contributed by atoms with van der Waals surface area (Å²) in [5.41, 5.74) is 0.524. The number of hydrogen-bond acceptors (Lipinski definition) is 10. The lowest BCUT2D eigenvalue weighted by Crippen LogP contribution is -2.71. The smallest absolute Gasteiger partial charge is 0.442 e. The number of halogens is 3. The van der Waals surface area contributed by atoms with Gasteiger partial charge in [0.1, 0.15) is 17.1 Å². The first-order chi connectivity index (χ1) is 15.0. The van der Waals surface area contributed by atoms with E-state index >= 15 is 0 Å². The average molecular weight is 514 g/mol. The molecule has 0 aliphatic carbocycles. The van der Waals surface area contributed by atoms with Crippen molar-refractivity contribution < 1.29 is 37.5 Å². The second-order valence-corrected chi connectivity index (χ2v) is 9.65. The van der Waals surface area contributed by atoms with E-state index in [1.54, 1.807) is 0 Å². The fourth-order valence-electron chi connectivity index (χ4n) is 3.00. The van der Waals surface area contributed by atoms with Gasteiger partial charge in [-0.1, -0.05) is 11.8 Å². The Morgan fingerprint density at radius 1 is 1.41 bits per heavy atom. The van der Waals surface area contributed by atoms with Crippen molar-refractivity contribution >= 4 is 59.0 Å². The van der Waals surface area contributed by atoms with Crippen LogP contribution in [0.4, 0.5) is 13.2 Å². The molecule has 1 aromatic heterocycles. The van der Waals surface area contributed by atoms with E-state index in [1.165, 1.54) is 0 Å². The monoisotopic (exact) mass is 513 g/mol. The fourth-order valence-corrected chi connectivity index (χ4v) is 5.93. The number of carbonyl (C=O) groups is 4. The van der Waals surface area contributed by atoms with Crippen LogP contribution in [0.3, 0.4) is 0 Å². The number of aromatic nitrogens is 4. The molecule has 12 nitrogen and oxygen atoms in total. The van der Waals surface area contributed by atoms with Gasteiger partial charge >= 0.3 is 11.5 Å². The van der Waals surface area contributed by atoms with Gasteiger partial charge in [0.25, 0.3) is 5.91 Å². The Balaban J connectivity index is 1.80. The van der Waals surface area contributed by atoms with Gasteiger partial charge < -0.3 is 16.2 Å². The molecule has 2 aliphatic rings. The highest BCUT2D eigenvalue weighted by Crippen LogP contribution is 2.44. The molecule has 0 aromatic carbocycles. The number of H-pyrrole nitrogens is 1. The molecule has 3 atom stereocenters. The summed E-state index contributed by atoms with van der Waals surface area (Å²) in [5.74, 6) is -4.83. The van der Waals surface area contributed by atoms with Crippen molar-refractivity contribution in [3.8, 4) is 0 Å². The lowest BCUT2D eigenvalue weighted by Gasteiger charge is -2.50. The zero-order valence-corrected chi connectivity index (χ0v) is 18.1. The number of aromatic amines is 1. The number of nitrogens with two attached hydrogens (primary N) is 1. The molecule has 1 saturated heterocycles. The Kier molecular flexibility index (Phi) is 7.23. The van der Waals surface area contributed by atoms with Crippen LogP contribution in [-0.2, 0) is 19.2 Å². The van der Waals surface area contributed by atoms with Crippen molar-refractivity contribution in [3.05, 3.63) is 11.3 Å². The first-order valence-corrected chi connectivity index (χ1v) is 11.5. The van der Waals surface area contributed by atoms with E-state index in [2.05, 4.69) is 25.9 Å². The van der Waals surface area contributed by atoms with Gasteiger partial charge in [-0.3, -0.25) is 19.3 Å². The summed E-state index contributed by atoms with van der Waals surface area (Å²) in [5, 5.41) is 23.6. The second kappa shape index (κ2) is 9.57. The second-order valence-electron chi connectivity index (χ2n) is 6.34. The third-order valence-corrected chi connectivity index (χ3v) is 7.39. The van der Waals surface area contributed by atoms with Crippen LogP contribution in [0.15, 0.2) is 16.4 Å². The summed E-state index contributed by atoms with van der Waals surface area (Å²) in [7, 11) is 0. The van der Waals surface area contributed by atoms with Gasteiger partial charge in [0.15, 0.2) is 0 Å². The minimum Gasteiger partial charge on any atom is -0.477 e. The third kappa shape index (κ3) is 5.47. The molecule has 32 heavy (non-hydrogen) atoms. The number of hydrogen-bond donors (Lipinski definition) is 4. The predicted molar refractivity (Wildman–Crippen MR) is 106 cm³/mol. The minimum absolute atomic E-state index is 0.0581. The Morgan fingerprint density at radius 3 is 2.69 bits per heavy atom. The molecule has 0 spiro atoms. The highest BCUT2D eigenvalue weighted by atomic mass is 32.2. The Bertz CT molecular complexity index is 958. The van der Waals surface area contributed by atoms with E-state index in [-0.39, 0.29) is 28.6 Å². The van der Waals surface area contributed by atoms with E-state index in [0.29, 0.717) is 0 Å². The van der Waals surface area contributed by atoms with E-state index in [1.807, 2.05) is 0 Å². The molecule has 2 unspecified atom stereocenters. The van der Waals surface area contributed by atoms with Gasteiger partial charge in [-0.25, -0.2) is 4.79 Å². The number of carboxylic acid groups (broad SMARTS) is 1. The molecule has 3 heterocycles. The summed E-state index contributed by atoms with van der Waals surface area (Å²) < 4.78 is 36.8. The topological polar surface area (TPSA) is 184 Å². The minimum atomic E-state index is -4.60. The average Bonchev–Trinajstić information content (AvgIpc) is 3.20. The molecule has 18 heteroatoms. The lowest BCUT2D eigenvalue weighted by molar-refractivity contribution is -0.150. The number of fused-ring (bicyclic) bond motifs is 1. The highest BCUT2D eigenvalue weighted by molar-refractivity contribution is 8.01. The summed E-state index contributed by atoms with van der Waals surface area (Å²) >= 11 is 1.48. The molecular weight excluding hydrogens is 499 g/mol. The SMILES string of the molecule is NC(=O)CC(Sc1nn[nH]n1)C1=C(C(=O)O)N2C(=O)C(NC(=O)CSC(F)(F)F)[C@@H]2SC1. The van der Waals surface area contributed by atoms with Crippen molar-refractivity contribution in [2.24, 2.45) is 5.73 Å². The Morgan fingerprint density at radius 2 is 2.12 bits per heavy atom. The number of primary amides is 1. The van der Waals surface area contributed by atoms with E-state index in [9.17, 15) is 37.5 Å². The van der Waals surface area contributed by atoms with Crippen molar-refractivity contribution in [1.82, 2.24) is 30.8 Å². The van der Waals surface area contributed by atoms with Crippen LogP contribution < -0.4 is 11.1 Å². The molecule has 5 N–H and O–H groups in total. The molecule has 2 aliphatic heterocycles. The summed E-state index contributed by atoms with van der Waals surface area (Å²) in [6.07, 6.45) is -0.270. The van der Waals surface area contributed by atoms with Crippen molar-refractivity contribution in [2.75, 3.05) is 11.5 Å². The number of carbonyl (C=O) groups excluding carboxylic acids is 3. The number of tetrazole rings is 1. The van der Waals surface area contributed by atoms with Crippen molar-refractivity contribution in [1.29, 1.82) is 0 Å². The zero-order chi connectivity index (χ0) is 23.6. The maximum atomic E-state index is 12.6. The quantitative estimate of drug-likeness (QED) is 0.247. The molecule has 1 aromatic rings. The number of aliphatic carboxylic acids is 1. The normalized spacial score (nSPS) is 21.6. The Labute approximate surface area is 189 Å². The van der Waals surface area contributed by atoms with Gasteiger partial charge in [0.2, 0.25) is 17.0 Å². The number of rotatable bonds is 9. The summed E-state index contributed by atoms with van der Waals surface area (Å²) in [6.45, 7) is 0. The van der Waals surface area contributed by atoms with Crippen LogP contribution >= 0.6 is 35.3 Å². The van der Waals surface area contributed by atoms with Gasteiger partial charge in [-0.15, -0.1) is 22.0 Å². The Hall–Kier alpha value is -2.47. The largest absolute Gasteiger partial charge is 0.477 e. The van der Waals surface area contributed by atoms with Crippen LogP contribution in [0.2, 0.25) is 0 Å². The van der Waals surface area contributed by atoms with Gasteiger partial charge in [0, 0.05) is 17.4 Å². The molecule has 174 valence electrons. The zero-order valence-electron chi connectivity index (χ0n) is 15.7. The number of β-lactam (4-membered cyclic amide) rings is 1. The third-order valence-electron chi connectivity index (χ3n) is 4.23. The molecule has 1 fully saturated rings. The fraction of sp³-hybridized carbons (Fsp3) is 0.500. The maximum absolute atomic E-state index is 12.6. The van der Waals surface area contributed by atoms with Crippen LogP contribution in [0.1, 0.15) is 6.42 Å². The predicted octanol–water partition coefficient (Wildman–Crippen LogP) is -0.473. The number of nitrogens with one attached hydrogen (secondary N) is 2. The van der Waals surface area contributed by atoms with Crippen LogP contribution in [0, 0.1) is 0 Å². The first-order valence-electron chi connectivity index (χ1n) is 8.57. The summed E-state index contributed by atoms with van der Waals surface area (Å²) in [6, 6.07) is -1.17. The standard InChI is InChI=1S/C14H14F3N7O5S3/c15-14(16,17)31-3-7(26)19-8-10(27)24-9(12(28)29)4(2-30-11(8)24)5(1-6(18)25)32-13-20-22-23-21-13/h5,8,11H,1-3H2,(H2,18,25)(H,19,26)(H,28,29)(H,20,21,22,23)/t5?,8?,11-/m0/s1. The number of amides is 3. The molecule has 0 saturated carbocycles. The molecule has 3 rings (SSSR count). The molecule has 3 amide bonds. The molecule has 0 bridgehead atoms. The van der Waals surface area contributed by atoms with Crippen LogP contribution in [0.25, 0.3) is 0 Å². The molecular formula is C14H14F3N7O5S3. The van der Waals surface area contributed by atoms with Gasteiger partial charge in [-0.05, 0) is 22.5 Å². The maximum Gasteiger partial charge on any atom is 0.442 e. The molecule has 0 radical (unpaired) electrons. The number of thioether (sulfide) groups is 3. The first kappa shape index (κ1) is 24.2. The van der Waals surface area contributed by atoms with E-state index in [0.717, 1.165) is 28.4 Å².